The molecule has 0 aliphatic carbocycles. The number of rotatable bonds is 4. The van der Waals surface area contributed by atoms with Gasteiger partial charge in [-0.1, -0.05) is 30.3 Å². The highest BCUT2D eigenvalue weighted by molar-refractivity contribution is 5.98. The van der Waals surface area contributed by atoms with Gasteiger partial charge in [0.25, 0.3) is 0 Å². The van der Waals surface area contributed by atoms with Gasteiger partial charge in [0.1, 0.15) is 0 Å². The van der Waals surface area contributed by atoms with Crippen molar-refractivity contribution in [1.29, 1.82) is 0 Å². The fourth-order valence-corrected chi connectivity index (χ4v) is 2.49. The maximum Gasteiger partial charge on any atom is 0.236 e. The molecule has 1 saturated heterocycles. The van der Waals surface area contributed by atoms with Crippen LogP contribution in [0.5, 0.6) is 0 Å². The van der Waals surface area contributed by atoms with Crippen LogP contribution in [0.4, 0.5) is 0 Å². The number of carbonyl (C=O) groups excluding carboxylic acids is 2. The summed E-state index contributed by atoms with van der Waals surface area (Å²) in [4.78, 5) is 25.8. The van der Waals surface area contributed by atoms with E-state index in [1.807, 2.05) is 35.2 Å². The highest BCUT2D eigenvalue weighted by atomic mass is 16.2. The molecule has 1 amide bonds. The van der Waals surface area contributed by atoms with E-state index in [1.54, 1.807) is 7.05 Å². The Kier molecular flexibility index (Phi) is 4.68. The third-order valence-electron chi connectivity index (χ3n) is 3.60. The van der Waals surface area contributed by atoms with Crippen molar-refractivity contribution < 1.29 is 9.59 Å². The largest absolute Gasteiger partial charge is 0.342 e. The van der Waals surface area contributed by atoms with Gasteiger partial charge in [-0.3, -0.25) is 9.59 Å². The second-order valence-corrected chi connectivity index (χ2v) is 4.92. The molecule has 4 nitrogen and oxygen atoms in total. The van der Waals surface area contributed by atoms with E-state index >= 15 is 0 Å². The monoisotopic (exact) mass is 260 g/mol. The van der Waals surface area contributed by atoms with Gasteiger partial charge in [-0.2, -0.15) is 0 Å². The Morgan fingerprint density at radius 1 is 1.21 bits per heavy atom. The van der Waals surface area contributed by atoms with Crippen LogP contribution < -0.4 is 5.32 Å². The molecule has 1 heterocycles. The number of nitrogens with zero attached hydrogens (tertiary/aromatic N) is 1. The van der Waals surface area contributed by atoms with Crippen molar-refractivity contribution in [1.82, 2.24) is 10.2 Å². The Morgan fingerprint density at radius 3 is 2.42 bits per heavy atom. The molecule has 1 aliphatic heterocycles. The third-order valence-corrected chi connectivity index (χ3v) is 3.60. The summed E-state index contributed by atoms with van der Waals surface area (Å²) in [6.07, 6.45) is 1.53. The van der Waals surface area contributed by atoms with Crippen LogP contribution in [0.1, 0.15) is 23.2 Å². The molecule has 1 aromatic carbocycles. The number of benzene rings is 1. The van der Waals surface area contributed by atoms with Crippen LogP contribution in [-0.4, -0.2) is 43.3 Å². The van der Waals surface area contributed by atoms with Gasteiger partial charge in [0.2, 0.25) is 5.91 Å². The summed E-state index contributed by atoms with van der Waals surface area (Å²) < 4.78 is 0. The average molecular weight is 260 g/mol. The third kappa shape index (κ3) is 3.41. The van der Waals surface area contributed by atoms with E-state index in [0.717, 1.165) is 18.4 Å². The first-order chi connectivity index (χ1) is 9.22. The Labute approximate surface area is 113 Å². The molecule has 4 heteroatoms. The molecule has 1 N–H and O–H groups in total. The molecular weight excluding hydrogens is 240 g/mol. The number of likely N-dealkylation sites (N-methyl/N-ethyl adjacent to an activating group) is 1. The Hall–Kier alpha value is -1.68. The van der Waals surface area contributed by atoms with Gasteiger partial charge in [-0.25, -0.2) is 0 Å². The Bertz CT molecular complexity index is 437. The molecule has 0 saturated carbocycles. The normalized spacial score (nSPS) is 16.4. The Balaban J connectivity index is 1.90. The number of hydrogen-bond donors (Lipinski definition) is 1. The molecule has 102 valence electrons. The smallest absolute Gasteiger partial charge is 0.236 e. The molecular formula is C15H20N2O2. The van der Waals surface area contributed by atoms with Crippen LogP contribution in [-0.2, 0) is 4.79 Å². The van der Waals surface area contributed by atoms with Crippen LogP contribution in [0.2, 0.25) is 0 Å². The van der Waals surface area contributed by atoms with Gasteiger partial charge in [-0.05, 0) is 19.9 Å². The molecule has 0 spiro atoms. The number of hydrogen-bond acceptors (Lipinski definition) is 3. The summed E-state index contributed by atoms with van der Waals surface area (Å²) in [5.41, 5.74) is 0.780. The minimum Gasteiger partial charge on any atom is -0.342 e. The van der Waals surface area contributed by atoms with Crippen LogP contribution in [0.3, 0.4) is 0 Å². The van der Waals surface area contributed by atoms with Crippen LogP contribution >= 0.6 is 0 Å². The van der Waals surface area contributed by atoms with Crippen LogP contribution in [0, 0.1) is 5.92 Å². The lowest BCUT2D eigenvalue weighted by atomic mass is 9.89. The van der Waals surface area contributed by atoms with Gasteiger partial charge in [0, 0.05) is 24.6 Å². The number of carbonyl (C=O) groups is 2. The van der Waals surface area contributed by atoms with Crippen molar-refractivity contribution in [2.45, 2.75) is 12.8 Å². The highest BCUT2D eigenvalue weighted by Gasteiger charge is 2.27. The molecule has 0 atom stereocenters. The molecule has 1 aliphatic rings. The summed E-state index contributed by atoms with van der Waals surface area (Å²) in [5.74, 6) is 0.385. The van der Waals surface area contributed by atoms with Crippen molar-refractivity contribution >= 4 is 11.7 Å². The minimum atomic E-state index is 0.0565. The maximum absolute atomic E-state index is 12.3. The Morgan fingerprint density at radius 2 is 1.84 bits per heavy atom. The molecule has 0 bridgehead atoms. The SMILES string of the molecule is CNCC(=O)N1CCC(C(=O)c2ccccc2)CC1. The van der Waals surface area contributed by atoms with E-state index in [2.05, 4.69) is 5.32 Å². The van der Waals surface area contributed by atoms with Gasteiger partial charge in [0.05, 0.1) is 6.54 Å². The van der Waals surface area contributed by atoms with Gasteiger partial charge in [0.15, 0.2) is 5.78 Å². The number of amides is 1. The van der Waals surface area contributed by atoms with Crippen molar-refractivity contribution in [3.8, 4) is 0 Å². The lowest BCUT2D eigenvalue weighted by Crippen LogP contribution is -2.43. The summed E-state index contributed by atoms with van der Waals surface area (Å²) in [6, 6.07) is 9.41. The van der Waals surface area contributed by atoms with Gasteiger partial charge in [-0.15, -0.1) is 0 Å². The fraction of sp³-hybridized carbons (Fsp3) is 0.467. The minimum absolute atomic E-state index is 0.0565. The standard InChI is InChI=1S/C15H20N2O2/c1-16-11-14(18)17-9-7-13(8-10-17)15(19)12-5-3-2-4-6-12/h2-6,13,16H,7-11H2,1H3. The van der Waals surface area contributed by atoms with Gasteiger partial charge < -0.3 is 10.2 Å². The lowest BCUT2D eigenvalue weighted by Gasteiger charge is -2.31. The van der Waals surface area contributed by atoms with Crippen molar-refractivity contribution in [2.24, 2.45) is 5.92 Å². The van der Waals surface area contributed by atoms with Crippen LogP contribution in [0.15, 0.2) is 30.3 Å². The molecule has 19 heavy (non-hydrogen) atoms. The zero-order valence-electron chi connectivity index (χ0n) is 11.3. The number of likely N-dealkylation sites (tertiary alicyclic amines) is 1. The summed E-state index contributed by atoms with van der Waals surface area (Å²) in [6.45, 7) is 1.74. The second kappa shape index (κ2) is 6.48. The zero-order valence-corrected chi connectivity index (χ0v) is 11.3. The summed E-state index contributed by atoms with van der Waals surface area (Å²) in [7, 11) is 1.77. The van der Waals surface area contributed by atoms with E-state index < -0.39 is 0 Å². The van der Waals surface area contributed by atoms with Crippen molar-refractivity contribution in [3.05, 3.63) is 35.9 Å². The maximum atomic E-state index is 12.3. The van der Waals surface area contributed by atoms with Crippen molar-refractivity contribution in [2.75, 3.05) is 26.7 Å². The lowest BCUT2D eigenvalue weighted by molar-refractivity contribution is -0.131. The molecule has 1 aromatic rings. The van der Waals surface area contributed by atoms with E-state index in [-0.39, 0.29) is 17.6 Å². The molecule has 2 rings (SSSR count). The topological polar surface area (TPSA) is 49.4 Å². The van der Waals surface area contributed by atoms with Gasteiger partial charge >= 0.3 is 0 Å². The number of piperidine rings is 1. The van der Waals surface area contributed by atoms with E-state index in [0.29, 0.717) is 19.6 Å². The molecule has 1 fully saturated rings. The summed E-state index contributed by atoms with van der Waals surface area (Å²) >= 11 is 0. The predicted molar refractivity (Wildman–Crippen MR) is 74.0 cm³/mol. The zero-order chi connectivity index (χ0) is 13.7. The quantitative estimate of drug-likeness (QED) is 0.831. The second-order valence-electron chi connectivity index (χ2n) is 4.92. The molecule has 0 aromatic heterocycles. The number of nitrogens with one attached hydrogen (secondary N) is 1. The highest BCUT2D eigenvalue weighted by Crippen LogP contribution is 2.21. The molecule has 0 unspecified atom stereocenters. The first-order valence-corrected chi connectivity index (χ1v) is 6.74. The average Bonchev–Trinajstić information content (AvgIpc) is 2.48. The predicted octanol–water partition coefficient (Wildman–Crippen LogP) is 1.33. The first-order valence-electron chi connectivity index (χ1n) is 6.74. The number of Topliss-reactive ketones (excluding diaryl/α,β-unsaturated/α-hetero) is 1. The first kappa shape index (κ1) is 13.7. The van der Waals surface area contributed by atoms with Crippen LogP contribution in [0.25, 0.3) is 0 Å². The summed E-state index contributed by atoms with van der Waals surface area (Å²) in [5, 5.41) is 2.87. The fourth-order valence-electron chi connectivity index (χ4n) is 2.49. The van der Waals surface area contributed by atoms with E-state index in [1.165, 1.54) is 0 Å². The van der Waals surface area contributed by atoms with Crippen molar-refractivity contribution in [3.63, 3.8) is 0 Å². The number of ketones is 1. The molecule has 0 radical (unpaired) electrons. The van der Waals surface area contributed by atoms with E-state index in [4.69, 9.17) is 0 Å². The van der Waals surface area contributed by atoms with E-state index in [9.17, 15) is 9.59 Å².